The lowest BCUT2D eigenvalue weighted by Crippen LogP contribution is -2.39. The summed E-state index contributed by atoms with van der Waals surface area (Å²) in [5, 5.41) is 3.96. The number of ether oxygens (including phenoxy) is 1. The maximum Gasteiger partial charge on any atom is 0.257 e. The fraction of sp³-hybridized carbons (Fsp3) is 0.562. The number of carbonyl (C=O) groups excluding carboxylic acids is 1. The van der Waals surface area contributed by atoms with E-state index in [1.54, 1.807) is 25.3 Å². The van der Waals surface area contributed by atoms with Crippen LogP contribution < -0.4 is 10.1 Å². The van der Waals surface area contributed by atoms with Gasteiger partial charge in [-0.25, -0.2) is 0 Å². The van der Waals surface area contributed by atoms with Crippen molar-refractivity contribution in [1.82, 2.24) is 10.2 Å². The molecule has 1 N–H and O–H groups in total. The van der Waals surface area contributed by atoms with Crippen LogP contribution in [0.1, 0.15) is 29.6 Å². The highest BCUT2D eigenvalue weighted by molar-refractivity contribution is 6.31. The predicted molar refractivity (Wildman–Crippen MR) is 83.1 cm³/mol. The van der Waals surface area contributed by atoms with Gasteiger partial charge in [0, 0.05) is 18.1 Å². The van der Waals surface area contributed by atoms with Crippen LogP contribution in [0.15, 0.2) is 18.2 Å². The van der Waals surface area contributed by atoms with Crippen LogP contribution in [0.5, 0.6) is 5.75 Å². The number of carbonyl (C=O) groups is 1. The first kappa shape index (κ1) is 14.7. The van der Waals surface area contributed by atoms with Gasteiger partial charge < -0.3 is 15.0 Å². The molecule has 2 aliphatic rings. The molecule has 1 aromatic rings. The van der Waals surface area contributed by atoms with Gasteiger partial charge in [-0.2, -0.15) is 0 Å². The Morgan fingerprint density at radius 2 is 2.10 bits per heavy atom. The number of nitrogens with zero attached hydrogens (tertiary/aromatic N) is 1. The van der Waals surface area contributed by atoms with Crippen molar-refractivity contribution >= 4 is 17.5 Å². The first-order valence-electron chi connectivity index (χ1n) is 7.47. The van der Waals surface area contributed by atoms with Gasteiger partial charge in [0.1, 0.15) is 5.75 Å². The number of nitrogens with one attached hydrogen (secondary N) is 1. The summed E-state index contributed by atoms with van der Waals surface area (Å²) in [5.41, 5.74) is 0.878. The molecule has 0 aliphatic carbocycles. The molecule has 2 saturated heterocycles. The number of hydrogen-bond donors (Lipinski definition) is 1. The number of hydrogen-bond acceptors (Lipinski definition) is 3. The molecule has 1 aromatic carbocycles. The lowest BCUT2D eigenvalue weighted by atomic mass is 9.78. The second-order valence-electron chi connectivity index (χ2n) is 6.07. The zero-order valence-electron chi connectivity index (χ0n) is 12.3. The van der Waals surface area contributed by atoms with E-state index in [1.165, 1.54) is 0 Å². The maximum atomic E-state index is 12.8. The Labute approximate surface area is 130 Å². The molecular formula is C16H21ClN2O2. The molecule has 0 aromatic heterocycles. The summed E-state index contributed by atoms with van der Waals surface area (Å²) in [4.78, 5) is 14.7. The van der Waals surface area contributed by atoms with E-state index in [9.17, 15) is 4.79 Å². The van der Waals surface area contributed by atoms with Crippen LogP contribution in [-0.4, -0.2) is 44.1 Å². The normalized spacial score (nSPS) is 20.8. The molecule has 0 bridgehead atoms. The first-order valence-corrected chi connectivity index (χ1v) is 7.85. The lowest BCUT2D eigenvalue weighted by molar-refractivity contribution is 0.0758. The van der Waals surface area contributed by atoms with Crippen molar-refractivity contribution in [3.63, 3.8) is 0 Å². The average Bonchev–Trinajstić information content (AvgIpc) is 2.91. The zero-order valence-corrected chi connectivity index (χ0v) is 13.1. The van der Waals surface area contributed by atoms with Crippen molar-refractivity contribution in [3.05, 3.63) is 28.8 Å². The third-order valence-corrected chi connectivity index (χ3v) is 5.02. The molecule has 4 nitrogen and oxygen atoms in total. The molecule has 0 saturated carbocycles. The smallest absolute Gasteiger partial charge is 0.257 e. The van der Waals surface area contributed by atoms with Crippen molar-refractivity contribution in [2.24, 2.45) is 5.41 Å². The van der Waals surface area contributed by atoms with Crippen molar-refractivity contribution in [2.45, 2.75) is 19.3 Å². The van der Waals surface area contributed by atoms with Crippen molar-refractivity contribution in [2.75, 3.05) is 33.3 Å². The summed E-state index contributed by atoms with van der Waals surface area (Å²) in [5.74, 6) is 0.625. The number of piperidine rings is 1. The molecule has 0 atom stereocenters. The minimum atomic E-state index is 0.0322. The maximum absolute atomic E-state index is 12.8. The first-order chi connectivity index (χ1) is 10.1. The second kappa shape index (κ2) is 5.85. The highest BCUT2D eigenvalue weighted by Gasteiger charge is 2.41. The Morgan fingerprint density at radius 3 is 2.81 bits per heavy atom. The molecule has 2 heterocycles. The van der Waals surface area contributed by atoms with Gasteiger partial charge in [-0.15, -0.1) is 0 Å². The van der Waals surface area contributed by atoms with Gasteiger partial charge in [0.2, 0.25) is 0 Å². The third kappa shape index (κ3) is 2.87. The molecule has 1 spiro atoms. The van der Waals surface area contributed by atoms with Crippen molar-refractivity contribution in [1.29, 1.82) is 0 Å². The van der Waals surface area contributed by atoms with Crippen LogP contribution in [0.4, 0.5) is 0 Å². The highest BCUT2D eigenvalue weighted by Crippen LogP contribution is 2.39. The molecule has 0 radical (unpaired) electrons. The van der Waals surface area contributed by atoms with E-state index in [-0.39, 0.29) is 5.91 Å². The Hall–Kier alpha value is -1.26. The summed E-state index contributed by atoms with van der Waals surface area (Å²) < 4.78 is 5.30. The minimum Gasteiger partial charge on any atom is -0.496 e. The van der Waals surface area contributed by atoms with Crippen molar-refractivity contribution in [3.8, 4) is 5.75 Å². The van der Waals surface area contributed by atoms with E-state index >= 15 is 0 Å². The third-order valence-electron chi connectivity index (χ3n) is 4.78. The van der Waals surface area contributed by atoms with E-state index in [0.29, 0.717) is 21.8 Å². The number of likely N-dealkylation sites (tertiary alicyclic amines) is 1. The molecular weight excluding hydrogens is 288 g/mol. The summed E-state index contributed by atoms with van der Waals surface area (Å²) in [6.45, 7) is 3.79. The molecule has 2 fully saturated rings. The van der Waals surface area contributed by atoms with Crippen LogP contribution in [-0.2, 0) is 0 Å². The fourth-order valence-corrected chi connectivity index (χ4v) is 3.66. The van der Waals surface area contributed by atoms with Crippen LogP contribution >= 0.6 is 11.6 Å². The van der Waals surface area contributed by atoms with E-state index in [4.69, 9.17) is 16.3 Å². The van der Waals surface area contributed by atoms with Crippen LogP contribution in [0, 0.1) is 5.41 Å². The number of halogens is 1. The molecule has 1 amide bonds. The van der Waals surface area contributed by atoms with E-state index in [2.05, 4.69) is 5.32 Å². The zero-order chi connectivity index (χ0) is 14.9. The standard InChI is InChI=1S/C16H21ClN2O2/c1-21-14-3-2-12(17)10-13(14)15(20)19-9-6-16(11-19)4-7-18-8-5-16/h2-3,10,18H,4-9,11H2,1H3. The molecule has 5 heteroatoms. The molecule has 0 unspecified atom stereocenters. The molecule has 21 heavy (non-hydrogen) atoms. The monoisotopic (exact) mass is 308 g/mol. The van der Waals surface area contributed by atoms with Gasteiger partial charge in [-0.05, 0) is 56.0 Å². The van der Waals surface area contributed by atoms with Crippen LogP contribution in [0.3, 0.4) is 0 Å². The molecule has 2 aliphatic heterocycles. The van der Waals surface area contributed by atoms with Crippen LogP contribution in [0.2, 0.25) is 5.02 Å². The summed E-state index contributed by atoms with van der Waals surface area (Å²) >= 11 is 6.03. The Bertz CT molecular complexity index is 541. The highest BCUT2D eigenvalue weighted by atomic mass is 35.5. The van der Waals surface area contributed by atoms with Gasteiger partial charge in [-0.1, -0.05) is 11.6 Å². The largest absolute Gasteiger partial charge is 0.496 e. The number of methoxy groups -OCH3 is 1. The molecule has 3 rings (SSSR count). The Balaban J connectivity index is 1.79. The Kier molecular flexibility index (Phi) is 4.09. The molecule has 114 valence electrons. The number of rotatable bonds is 2. The van der Waals surface area contributed by atoms with Gasteiger partial charge in [0.05, 0.1) is 12.7 Å². The summed E-state index contributed by atoms with van der Waals surface area (Å²) in [6.07, 6.45) is 3.41. The van der Waals surface area contributed by atoms with E-state index in [1.807, 2.05) is 4.90 Å². The van der Waals surface area contributed by atoms with Gasteiger partial charge in [0.15, 0.2) is 0 Å². The average molecular weight is 309 g/mol. The minimum absolute atomic E-state index is 0.0322. The Morgan fingerprint density at radius 1 is 1.33 bits per heavy atom. The van der Waals surface area contributed by atoms with Gasteiger partial charge in [-0.3, -0.25) is 4.79 Å². The second-order valence-corrected chi connectivity index (χ2v) is 6.51. The topological polar surface area (TPSA) is 41.6 Å². The van der Waals surface area contributed by atoms with Gasteiger partial charge in [0.25, 0.3) is 5.91 Å². The fourth-order valence-electron chi connectivity index (χ4n) is 3.49. The summed E-state index contributed by atoms with van der Waals surface area (Å²) in [7, 11) is 1.58. The summed E-state index contributed by atoms with van der Waals surface area (Å²) in [6, 6.07) is 5.21. The SMILES string of the molecule is COc1ccc(Cl)cc1C(=O)N1CCC2(CCNCC2)C1. The predicted octanol–water partition coefficient (Wildman–Crippen LogP) is 2.56. The quantitative estimate of drug-likeness (QED) is 0.913. The van der Waals surface area contributed by atoms with Crippen LogP contribution in [0.25, 0.3) is 0 Å². The van der Waals surface area contributed by atoms with Gasteiger partial charge >= 0.3 is 0 Å². The lowest BCUT2D eigenvalue weighted by Gasteiger charge is -2.33. The van der Waals surface area contributed by atoms with E-state index < -0.39 is 0 Å². The van der Waals surface area contributed by atoms with E-state index in [0.717, 1.165) is 45.4 Å². The van der Waals surface area contributed by atoms with Crippen molar-refractivity contribution < 1.29 is 9.53 Å². The number of amides is 1. The number of benzene rings is 1.